The van der Waals surface area contributed by atoms with Gasteiger partial charge in [-0.1, -0.05) is 13.8 Å². The van der Waals surface area contributed by atoms with Crippen molar-refractivity contribution >= 4 is 11.8 Å². The zero-order valence-electron chi connectivity index (χ0n) is 12.3. The zero-order valence-corrected chi connectivity index (χ0v) is 12.3. The van der Waals surface area contributed by atoms with E-state index in [4.69, 9.17) is 14.2 Å². The second kappa shape index (κ2) is 7.53. The quantitative estimate of drug-likeness (QED) is 0.436. The van der Waals surface area contributed by atoms with E-state index in [0.29, 0.717) is 23.7 Å². The zero-order chi connectivity index (χ0) is 15.1. The summed E-state index contributed by atoms with van der Waals surface area (Å²) in [5.41, 5.74) is 0.393. The summed E-state index contributed by atoms with van der Waals surface area (Å²) in [6.45, 7) is 4.19. The van der Waals surface area contributed by atoms with Gasteiger partial charge < -0.3 is 14.2 Å². The number of hydrogen-bond acceptors (Lipinski definition) is 5. The Kier molecular flexibility index (Phi) is 6.03. The molecule has 1 rings (SSSR count). The van der Waals surface area contributed by atoms with Gasteiger partial charge in [0.05, 0.1) is 20.8 Å². The molecule has 0 aliphatic carbocycles. The van der Waals surface area contributed by atoms with Crippen LogP contribution in [0.2, 0.25) is 0 Å². The topological polar surface area (TPSA) is 61.8 Å². The number of carbonyl (C=O) groups is 2. The molecule has 0 bridgehead atoms. The lowest BCUT2D eigenvalue weighted by molar-refractivity contribution is -0.143. The molecule has 0 radical (unpaired) electrons. The van der Waals surface area contributed by atoms with Crippen LogP contribution in [0.15, 0.2) is 18.2 Å². The Morgan fingerprint density at radius 3 is 2.30 bits per heavy atom. The van der Waals surface area contributed by atoms with Gasteiger partial charge in [0.15, 0.2) is 17.3 Å². The SMILES string of the molecule is COc1ccc(C(=O)CC(=O)OCC(C)C)cc1OC. The van der Waals surface area contributed by atoms with Crippen molar-refractivity contribution in [1.29, 1.82) is 0 Å². The molecule has 5 heteroatoms. The summed E-state index contributed by atoms with van der Waals surface area (Å²) >= 11 is 0. The van der Waals surface area contributed by atoms with Gasteiger partial charge in [0, 0.05) is 5.56 Å². The minimum absolute atomic E-state index is 0.245. The molecule has 0 atom stereocenters. The van der Waals surface area contributed by atoms with Crippen LogP contribution in [0.3, 0.4) is 0 Å². The van der Waals surface area contributed by atoms with Gasteiger partial charge in [-0.3, -0.25) is 9.59 Å². The van der Waals surface area contributed by atoms with Crippen molar-refractivity contribution in [2.75, 3.05) is 20.8 Å². The van der Waals surface area contributed by atoms with Gasteiger partial charge in [-0.25, -0.2) is 0 Å². The number of benzene rings is 1. The highest BCUT2D eigenvalue weighted by Crippen LogP contribution is 2.28. The van der Waals surface area contributed by atoms with Crippen LogP contribution in [-0.4, -0.2) is 32.6 Å². The minimum Gasteiger partial charge on any atom is -0.493 e. The highest BCUT2D eigenvalue weighted by atomic mass is 16.5. The number of esters is 1. The van der Waals surface area contributed by atoms with Crippen molar-refractivity contribution in [3.63, 3.8) is 0 Å². The number of ether oxygens (including phenoxy) is 3. The first-order valence-corrected chi connectivity index (χ1v) is 6.38. The number of rotatable bonds is 7. The Hall–Kier alpha value is -2.04. The van der Waals surface area contributed by atoms with Crippen molar-refractivity contribution in [3.05, 3.63) is 23.8 Å². The summed E-state index contributed by atoms with van der Waals surface area (Å²) in [7, 11) is 3.01. The highest BCUT2D eigenvalue weighted by molar-refractivity contribution is 6.06. The van der Waals surface area contributed by atoms with Crippen molar-refractivity contribution in [1.82, 2.24) is 0 Å². The highest BCUT2D eigenvalue weighted by Gasteiger charge is 2.15. The molecule has 0 unspecified atom stereocenters. The van der Waals surface area contributed by atoms with Gasteiger partial charge in [0.1, 0.15) is 6.42 Å². The van der Waals surface area contributed by atoms with E-state index >= 15 is 0 Å². The predicted octanol–water partition coefficient (Wildman–Crippen LogP) is 2.48. The van der Waals surface area contributed by atoms with Crippen molar-refractivity contribution in [2.24, 2.45) is 5.92 Å². The summed E-state index contributed by atoms with van der Waals surface area (Å²) in [6, 6.07) is 4.78. The molecule has 0 saturated heterocycles. The second-order valence-corrected chi connectivity index (χ2v) is 4.75. The van der Waals surface area contributed by atoms with E-state index in [1.54, 1.807) is 18.2 Å². The van der Waals surface area contributed by atoms with Crippen molar-refractivity contribution < 1.29 is 23.8 Å². The molecule has 0 heterocycles. The maximum atomic E-state index is 12.0. The van der Waals surface area contributed by atoms with E-state index in [1.165, 1.54) is 14.2 Å². The molecule has 110 valence electrons. The summed E-state index contributed by atoms with van der Waals surface area (Å²) < 4.78 is 15.2. The van der Waals surface area contributed by atoms with E-state index in [-0.39, 0.29) is 18.1 Å². The van der Waals surface area contributed by atoms with Crippen LogP contribution in [0.25, 0.3) is 0 Å². The molecule has 0 aliphatic heterocycles. The van der Waals surface area contributed by atoms with Crippen LogP contribution in [0.4, 0.5) is 0 Å². The Labute approximate surface area is 118 Å². The van der Waals surface area contributed by atoms with Crippen LogP contribution in [0, 0.1) is 5.92 Å². The van der Waals surface area contributed by atoms with Gasteiger partial charge in [0.2, 0.25) is 0 Å². The molecule has 0 aromatic heterocycles. The number of methoxy groups -OCH3 is 2. The van der Waals surface area contributed by atoms with Crippen LogP contribution < -0.4 is 9.47 Å². The standard InChI is InChI=1S/C15H20O5/c1-10(2)9-20-15(17)8-12(16)11-5-6-13(18-3)14(7-11)19-4/h5-7,10H,8-9H2,1-4H3. The number of hydrogen-bond donors (Lipinski definition) is 0. The van der Waals surface area contributed by atoms with Crippen LogP contribution >= 0.6 is 0 Å². The van der Waals surface area contributed by atoms with Crippen LogP contribution in [-0.2, 0) is 9.53 Å². The average Bonchev–Trinajstić information content (AvgIpc) is 2.44. The van der Waals surface area contributed by atoms with E-state index in [0.717, 1.165) is 0 Å². The molecular weight excluding hydrogens is 260 g/mol. The van der Waals surface area contributed by atoms with Gasteiger partial charge >= 0.3 is 5.97 Å². The van der Waals surface area contributed by atoms with E-state index in [9.17, 15) is 9.59 Å². The molecule has 0 amide bonds. The third-order valence-corrected chi connectivity index (χ3v) is 2.59. The second-order valence-electron chi connectivity index (χ2n) is 4.75. The lowest BCUT2D eigenvalue weighted by atomic mass is 10.1. The summed E-state index contributed by atoms with van der Waals surface area (Å²) in [6.07, 6.45) is -0.276. The summed E-state index contributed by atoms with van der Waals surface area (Å²) in [4.78, 5) is 23.5. The lowest BCUT2D eigenvalue weighted by Gasteiger charge is -2.09. The monoisotopic (exact) mass is 280 g/mol. The largest absolute Gasteiger partial charge is 0.493 e. The minimum atomic E-state index is -0.515. The van der Waals surface area contributed by atoms with Crippen molar-refractivity contribution in [2.45, 2.75) is 20.3 Å². The third kappa shape index (κ3) is 4.57. The van der Waals surface area contributed by atoms with Crippen molar-refractivity contribution in [3.8, 4) is 11.5 Å². The smallest absolute Gasteiger partial charge is 0.313 e. The maximum Gasteiger partial charge on any atom is 0.313 e. The van der Waals surface area contributed by atoms with Gasteiger partial charge in [-0.15, -0.1) is 0 Å². The molecular formula is C15H20O5. The third-order valence-electron chi connectivity index (χ3n) is 2.59. The summed E-state index contributed by atoms with van der Waals surface area (Å²) in [5.74, 6) is 0.411. The number of Topliss-reactive ketones (excluding diaryl/α,β-unsaturated/α-hetero) is 1. The fourth-order valence-electron chi connectivity index (χ4n) is 1.55. The van der Waals surface area contributed by atoms with Crippen LogP contribution in [0.1, 0.15) is 30.6 Å². The summed E-state index contributed by atoms with van der Waals surface area (Å²) in [5, 5.41) is 0. The fourth-order valence-corrected chi connectivity index (χ4v) is 1.55. The Morgan fingerprint density at radius 2 is 1.75 bits per heavy atom. The fraction of sp³-hybridized carbons (Fsp3) is 0.467. The average molecular weight is 280 g/mol. The molecule has 20 heavy (non-hydrogen) atoms. The first kappa shape index (κ1) is 16.0. The Balaban J connectivity index is 2.70. The molecule has 1 aromatic rings. The molecule has 0 aliphatic rings. The maximum absolute atomic E-state index is 12.0. The Morgan fingerprint density at radius 1 is 1.10 bits per heavy atom. The van der Waals surface area contributed by atoms with Crippen LogP contribution in [0.5, 0.6) is 11.5 Å². The number of carbonyl (C=O) groups excluding carboxylic acids is 2. The lowest BCUT2D eigenvalue weighted by Crippen LogP contribution is -2.14. The van der Waals surface area contributed by atoms with E-state index < -0.39 is 5.97 Å². The normalized spacial score (nSPS) is 10.2. The van der Waals surface area contributed by atoms with Gasteiger partial charge in [0.25, 0.3) is 0 Å². The number of ketones is 1. The predicted molar refractivity (Wildman–Crippen MR) is 74.3 cm³/mol. The Bertz CT molecular complexity index is 479. The molecule has 0 saturated carbocycles. The first-order valence-electron chi connectivity index (χ1n) is 6.38. The van der Waals surface area contributed by atoms with E-state index in [2.05, 4.69) is 0 Å². The van der Waals surface area contributed by atoms with E-state index in [1.807, 2.05) is 13.8 Å². The molecule has 0 fully saturated rings. The van der Waals surface area contributed by atoms with Gasteiger partial charge in [-0.2, -0.15) is 0 Å². The first-order chi connectivity index (χ1) is 9.47. The van der Waals surface area contributed by atoms with Gasteiger partial charge in [-0.05, 0) is 24.1 Å². The molecule has 0 N–H and O–H groups in total. The molecule has 5 nitrogen and oxygen atoms in total. The molecule has 0 spiro atoms. The molecule has 1 aromatic carbocycles.